The van der Waals surface area contributed by atoms with Crippen LogP contribution >= 0.6 is 0 Å². The van der Waals surface area contributed by atoms with E-state index < -0.39 is 0 Å². The monoisotopic (exact) mass is 186 g/mol. The number of benzene rings is 1. The first-order valence-corrected chi connectivity index (χ1v) is 4.88. The molecule has 1 nitrogen and oxygen atoms in total. The second kappa shape index (κ2) is 3.70. The van der Waals surface area contributed by atoms with Crippen LogP contribution in [-0.2, 0) is 0 Å². The van der Waals surface area contributed by atoms with E-state index in [1.165, 1.54) is 5.57 Å². The van der Waals surface area contributed by atoms with Gasteiger partial charge in [-0.3, -0.25) is 0 Å². The van der Waals surface area contributed by atoms with Gasteiger partial charge in [0, 0.05) is 0 Å². The van der Waals surface area contributed by atoms with Crippen LogP contribution < -0.4 is 4.74 Å². The molecule has 1 aliphatic carbocycles. The summed E-state index contributed by atoms with van der Waals surface area (Å²) in [5.74, 6) is 1.88. The van der Waals surface area contributed by atoms with Gasteiger partial charge in [0.1, 0.15) is 11.5 Å². The number of ether oxygens (including phenoxy) is 1. The van der Waals surface area contributed by atoms with Gasteiger partial charge in [0.25, 0.3) is 0 Å². The lowest BCUT2D eigenvalue weighted by molar-refractivity contribution is 0.435. The second-order valence-electron chi connectivity index (χ2n) is 3.63. The van der Waals surface area contributed by atoms with Crippen molar-refractivity contribution in [3.63, 3.8) is 0 Å². The predicted octanol–water partition coefficient (Wildman–Crippen LogP) is 3.69. The first kappa shape index (κ1) is 9.07. The van der Waals surface area contributed by atoms with Crippen LogP contribution in [0.4, 0.5) is 0 Å². The average molecular weight is 186 g/mol. The van der Waals surface area contributed by atoms with Gasteiger partial charge in [-0.2, -0.15) is 0 Å². The SMILES string of the molecule is C=C1CCC(C)=C1Oc1ccccc1. The number of hydrogen-bond donors (Lipinski definition) is 0. The Morgan fingerprint density at radius 1 is 1.14 bits per heavy atom. The maximum absolute atomic E-state index is 5.78. The van der Waals surface area contributed by atoms with Crippen LogP contribution in [0.5, 0.6) is 5.75 Å². The average Bonchev–Trinajstić information content (AvgIpc) is 2.51. The third-order valence-corrected chi connectivity index (χ3v) is 2.47. The van der Waals surface area contributed by atoms with E-state index in [1.807, 2.05) is 30.3 Å². The summed E-state index contributed by atoms with van der Waals surface area (Å²) in [6, 6.07) is 9.86. The normalized spacial score (nSPS) is 16.2. The van der Waals surface area contributed by atoms with E-state index in [-0.39, 0.29) is 0 Å². The van der Waals surface area contributed by atoms with Gasteiger partial charge < -0.3 is 4.74 Å². The van der Waals surface area contributed by atoms with Crippen LogP contribution in [0.2, 0.25) is 0 Å². The lowest BCUT2D eigenvalue weighted by atomic mass is 10.2. The Morgan fingerprint density at radius 2 is 1.86 bits per heavy atom. The molecule has 2 rings (SSSR count). The molecule has 1 aromatic rings. The molecule has 0 atom stereocenters. The zero-order valence-corrected chi connectivity index (χ0v) is 8.42. The quantitative estimate of drug-likeness (QED) is 0.684. The van der Waals surface area contributed by atoms with E-state index >= 15 is 0 Å². The Bertz CT molecular complexity index is 373. The van der Waals surface area contributed by atoms with Crippen LogP contribution in [0.25, 0.3) is 0 Å². The Morgan fingerprint density at radius 3 is 2.43 bits per heavy atom. The predicted molar refractivity (Wildman–Crippen MR) is 58.1 cm³/mol. The lowest BCUT2D eigenvalue weighted by Gasteiger charge is -2.08. The van der Waals surface area contributed by atoms with Gasteiger partial charge in [0.2, 0.25) is 0 Å². The summed E-state index contributed by atoms with van der Waals surface area (Å²) in [5, 5.41) is 0. The van der Waals surface area contributed by atoms with Crippen molar-refractivity contribution < 1.29 is 4.74 Å². The maximum atomic E-state index is 5.78. The van der Waals surface area contributed by atoms with E-state index in [2.05, 4.69) is 13.5 Å². The van der Waals surface area contributed by atoms with Crippen LogP contribution in [-0.4, -0.2) is 0 Å². The fourth-order valence-corrected chi connectivity index (χ4v) is 1.63. The number of rotatable bonds is 2. The fraction of sp³-hybridized carbons (Fsp3) is 0.231. The molecule has 0 fully saturated rings. The molecule has 0 spiro atoms. The highest BCUT2D eigenvalue weighted by Gasteiger charge is 2.16. The van der Waals surface area contributed by atoms with Gasteiger partial charge in [-0.25, -0.2) is 0 Å². The Labute approximate surface area is 84.7 Å². The van der Waals surface area contributed by atoms with Gasteiger partial charge in [-0.15, -0.1) is 0 Å². The van der Waals surface area contributed by atoms with E-state index in [0.29, 0.717) is 0 Å². The molecule has 0 amide bonds. The Hall–Kier alpha value is -1.50. The first-order valence-electron chi connectivity index (χ1n) is 4.88. The van der Waals surface area contributed by atoms with Crippen molar-refractivity contribution >= 4 is 0 Å². The number of para-hydroxylation sites is 1. The van der Waals surface area contributed by atoms with Crippen molar-refractivity contribution in [3.8, 4) is 5.75 Å². The van der Waals surface area contributed by atoms with E-state index in [9.17, 15) is 0 Å². The van der Waals surface area contributed by atoms with Crippen molar-refractivity contribution in [3.05, 3.63) is 53.8 Å². The van der Waals surface area contributed by atoms with Crippen molar-refractivity contribution in [1.29, 1.82) is 0 Å². The van der Waals surface area contributed by atoms with Crippen molar-refractivity contribution in [2.75, 3.05) is 0 Å². The maximum Gasteiger partial charge on any atom is 0.128 e. The standard InChI is InChI=1S/C13H14O/c1-10-8-9-11(2)13(10)14-12-6-4-3-5-7-12/h3-7H,1,8-9H2,2H3. The van der Waals surface area contributed by atoms with Gasteiger partial charge in [0.05, 0.1) is 0 Å². The minimum Gasteiger partial charge on any atom is -0.457 e. The molecule has 0 radical (unpaired) electrons. The van der Waals surface area contributed by atoms with Crippen molar-refractivity contribution in [2.45, 2.75) is 19.8 Å². The third-order valence-electron chi connectivity index (χ3n) is 2.47. The van der Waals surface area contributed by atoms with Crippen LogP contribution in [0.15, 0.2) is 53.8 Å². The van der Waals surface area contributed by atoms with Crippen molar-refractivity contribution in [2.24, 2.45) is 0 Å². The van der Waals surface area contributed by atoms with E-state index in [0.717, 1.165) is 29.9 Å². The van der Waals surface area contributed by atoms with Gasteiger partial charge in [-0.05, 0) is 43.0 Å². The summed E-state index contributed by atoms with van der Waals surface area (Å²) >= 11 is 0. The zero-order valence-electron chi connectivity index (χ0n) is 8.42. The topological polar surface area (TPSA) is 9.23 Å². The number of hydrogen-bond acceptors (Lipinski definition) is 1. The molecule has 0 heterocycles. The second-order valence-corrected chi connectivity index (χ2v) is 3.63. The molecule has 0 saturated carbocycles. The Balaban J connectivity index is 2.19. The number of allylic oxidation sites excluding steroid dienone is 2. The molecule has 0 bridgehead atoms. The van der Waals surface area contributed by atoms with Gasteiger partial charge in [0.15, 0.2) is 0 Å². The highest BCUT2D eigenvalue weighted by atomic mass is 16.5. The molecule has 14 heavy (non-hydrogen) atoms. The first-order chi connectivity index (χ1) is 6.77. The van der Waals surface area contributed by atoms with Crippen LogP contribution in [0.3, 0.4) is 0 Å². The van der Waals surface area contributed by atoms with Crippen LogP contribution in [0.1, 0.15) is 19.8 Å². The largest absolute Gasteiger partial charge is 0.457 e. The molecular formula is C13H14O. The highest BCUT2D eigenvalue weighted by molar-refractivity contribution is 5.37. The summed E-state index contributed by atoms with van der Waals surface area (Å²) in [6.07, 6.45) is 2.12. The smallest absolute Gasteiger partial charge is 0.128 e. The summed E-state index contributed by atoms with van der Waals surface area (Å²) in [4.78, 5) is 0. The summed E-state index contributed by atoms with van der Waals surface area (Å²) in [6.45, 7) is 6.11. The minimum absolute atomic E-state index is 0.893. The highest BCUT2D eigenvalue weighted by Crippen LogP contribution is 2.31. The summed E-state index contributed by atoms with van der Waals surface area (Å²) in [5.41, 5.74) is 2.42. The molecule has 1 aromatic carbocycles. The molecule has 0 saturated heterocycles. The van der Waals surface area contributed by atoms with Gasteiger partial charge >= 0.3 is 0 Å². The lowest BCUT2D eigenvalue weighted by Crippen LogP contribution is -1.95. The fourth-order valence-electron chi connectivity index (χ4n) is 1.63. The molecular weight excluding hydrogens is 172 g/mol. The minimum atomic E-state index is 0.893. The molecule has 0 N–H and O–H groups in total. The molecule has 0 unspecified atom stereocenters. The third kappa shape index (κ3) is 1.72. The molecule has 72 valence electrons. The zero-order chi connectivity index (χ0) is 9.97. The van der Waals surface area contributed by atoms with Crippen LogP contribution in [0, 0.1) is 0 Å². The van der Waals surface area contributed by atoms with E-state index in [4.69, 9.17) is 4.74 Å². The molecule has 0 aromatic heterocycles. The molecule has 0 aliphatic heterocycles. The summed E-state index contributed by atoms with van der Waals surface area (Å²) < 4.78 is 5.78. The van der Waals surface area contributed by atoms with E-state index in [1.54, 1.807) is 0 Å². The van der Waals surface area contributed by atoms with Crippen molar-refractivity contribution in [1.82, 2.24) is 0 Å². The Kier molecular flexibility index (Phi) is 2.40. The molecule has 1 heteroatoms. The molecule has 1 aliphatic rings. The van der Waals surface area contributed by atoms with Gasteiger partial charge in [-0.1, -0.05) is 24.8 Å². The summed E-state index contributed by atoms with van der Waals surface area (Å²) in [7, 11) is 0.